The third-order valence-electron chi connectivity index (χ3n) is 5.05. The van der Waals surface area contributed by atoms with E-state index in [9.17, 15) is 18.0 Å². The van der Waals surface area contributed by atoms with Gasteiger partial charge >= 0.3 is 6.18 Å². The van der Waals surface area contributed by atoms with Gasteiger partial charge in [-0.15, -0.1) is 10.2 Å². The molecule has 0 saturated heterocycles. The molecular formula is C21H13F3N6O. The zero-order chi connectivity index (χ0) is 21.6. The number of tetrazole rings is 1. The van der Waals surface area contributed by atoms with Gasteiger partial charge in [-0.05, 0) is 29.1 Å². The fraction of sp³-hybridized carbons (Fsp3) is 0.0952. The van der Waals surface area contributed by atoms with Crippen LogP contribution < -0.4 is 0 Å². The van der Waals surface area contributed by atoms with Crippen LogP contribution in [0.3, 0.4) is 0 Å². The number of aromatic nitrogens is 6. The summed E-state index contributed by atoms with van der Waals surface area (Å²) >= 11 is 0. The minimum Gasteiger partial charge on any atom is -0.352 e. The lowest BCUT2D eigenvalue weighted by Crippen LogP contribution is -2.08. The van der Waals surface area contributed by atoms with Gasteiger partial charge in [-0.2, -0.15) is 18.4 Å². The molecule has 0 aliphatic heterocycles. The molecule has 0 amide bonds. The van der Waals surface area contributed by atoms with E-state index in [1.807, 2.05) is 24.3 Å². The number of hydrogen-bond donors (Lipinski definition) is 2. The van der Waals surface area contributed by atoms with Gasteiger partial charge in [0.05, 0.1) is 11.3 Å². The second kappa shape index (κ2) is 7.01. The number of nitrogens with zero attached hydrogens (tertiary/aromatic N) is 4. The molecule has 3 aromatic heterocycles. The summed E-state index contributed by atoms with van der Waals surface area (Å²) in [5, 5.41) is 15.8. The van der Waals surface area contributed by atoms with Gasteiger partial charge in [-0.25, -0.2) is 0 Å². The highest BCUT2D eigenvalue weighted by atomic mass is 19.4. The monoisotopic (exact) mass is 422 g/mol. The van der Waals surface area contributed by atoms with Gasteiger partial charge in [-0.1, -0.05) is 35.5 Å². The molecule has 7 nitrogen and oxygen atoms in total. The van der Waals surface area contributed by atoms with Gasteiger partial charge < -0.3 is 4.98 Å². The molecular weight excluding hydrogens is 409 g/mol. The quantitative estimate of drug-likeness (QED) is 0.425. The van der Waals surface area contributed by atoms with E-state index in [4.69, 9.17) is 0 Å². The number of benzene rings is 2. The van der Waals surface area contributed by atoms with Crippen LogP contribution in [0.25, 0.3) is 21.7 Å². The molecule has 0 aliphatic carbocycles. The third kappa shape index (κ3) is 3.41. The maximum atomic E-state index is 13.3. The van der Waals surface area contributed by atoms with Gasteiger partial charge in [0.25, 0.3) is 0 Å². The third-order valence-corrected chi connectivity index (χ3v) is 5.05. The minimum absolute atomic E-state index is 0.108. The smallest absolute Gasteiger partial charge is 0.352 e. The molecule has 2 N–H and O–H groups in total. The maximum Gasteiger partial charge on any atom is 0.416 e. The van der Waals surface area contributed by atoms with E-state index in [1.165, 1.54) is 6.07 Å². The van der Waals surface area contributed by atoms with Crippen molar-refractivity contribution >= 4 is 27.5 Å². The highest BCUT2D eigenvalue weighted by molar-refractivity contribution is 6.12. The Kier molecular flexibility index (Phi) is 4.28. The van der Waals surface area contributed by atoms with Crippen LogP contribution in [0.15, 0.2) is 54.7 Å². The molecule has 0 bridgehead atoms. The molecule has 10 heteroatoms. The predicted molar refractivity (Wildman–Crippen MR) is 105 cm³/mol. The van der Waals surface area contributed by atoms with Crippen molar-refractivity contribution in [1.82, 2.24) is 30.6 Å². The second-order valence-electron chi connectivity index (χ2n) is 6.99. The van der Waals surface area contributed by atoms with Gasteiger partial charge in [0.2, 0.25) is 5.78 Å². The van der Waals surface area contributed by atoms with Gasteiger partial charge in [0.1, 0.15) is 5.69 Å². The van der Waals surface area contributed by atoms with E-state index in [-0.39, 0.29) is 23.3 Å². The summed E-state index contributed by atoms with van der Waals surface area (Å²) < 4.78 is 39.5. The van der Waals surface area contributed by atoms with Crippen molar-refractivity contribution < 1.29 is 18.0 Å². The molecule has 0 unspecified atom stereocenters. The number of carbonyl (C=O) groups excluding carboxylic acids is 1. The van der Waals surface area contributed by atoms with Gasteiger partial charge in [0, 0.05) is 28.9 Å². The molecule has 2 aromatic carbocycles. The Morgan fingerprint density at radius 2 is 1.84 bits per heavy atom. The molecule has 0 spiro atoms. The SMILES string of the molecule is O=C(c1cc2ccccc2cn1)c1[nH]c2cc(C(F)(F)F)ccc2c1Cc1nn[nH]n1. The average Bonchev–Trinajstić information content (AvgIpc) is 3.40. The van der Waals surface area contributed by atoms with E-state index < -0.39 is 17.5 Å². The van der Waals surface area contributed by atoms with E-state index in [1.54, 1.807) is 12.3 Å². The van der Waals surface area contributed by atoms with Crippen LogP contribution in [0.4, 0.5) is 13.2 Å². The Labute approximate surface area is 172 Å². The van der Waals surface area contributed by atoms with E-state index >= 15 is 0 Å². The van der Waals surface area contributed by atoms with Crippen LogP contribution in [0.1, 0.15) is 33.1 Å². The molecule has 31 heavy (non-hydrogen) atoms. The first kappa shape index (κ1) is 18.9. The van der Waals surface area contributed by atoms with Gasteiger partial charge in [0.15, 0.2) is 5.82 Å². The Balaban J connectivity index is 1.66. The first-order chi connectivity index (χ1) is 14.9. The molecule has 154 valence electrons. The number of nitrogens with one attached hydrogen (secondary N) is 2. The molecule has 5 rings (SSSR count). The van der Waals surface area contributed by atoms with E-state index in [2.05, 4.69) is 30.6 Å². The summed E-state index contributed by atoms with van der Waals surface area (Å²) in [6, 6.07) is 12.4. The molecule has 3 heterocycles. The van der Waals surface area contributed by atoms with E-state index in [0.717, 1.165) is 22.9 Å². The lowest BCUT2D eigenvalue weighted by molar-refractivity contribution is -0.137. The molecule has 0 radical (unpaired) electrons. The second-order valence-corrected chi connectivity index (χ2v) is 6.99. The number of alkyl halides is 3. The summed E-state index contributed by atoms with van der Waals surface area (Å²) in [5.41, 5.74) is 0.176. The van der Waals surface area contributed by atoms with Crippen molar-refractivity contribution in [3.05, 3.63) is 83.1 Å². The largest absolute Gasteiger partial charge is 0.416 e. The molecule has 0 aliphatic rings. The zero-order valence-corrected chi connectivity index (χ0v) is 15.7. The van der Waals surface area contributed by atoms with Crippen molar-refractivity contribution in [3.8, 4) is 0 Å². The molecule has 0 atom stereocenters. The molecule has 0 saturated carbocycles. The first-order valence-corrected chi connectivity index (χ1v) is 9.24. The number of aromatic amines is 2. The topological polar surface area (TPSA) is 100 Å². The lowest BCUT2D eigenvalue weighted by Gasteiger charge is -2.06. The number of halogens is 3. The average molecular weight is 422 g/mol. The lowest BCUT2D eigenvalue weighted by atomic mass is 10.0. The Hall–Kier alpha value is -4.08. The molecule has 0 fully saturated rings. The van der Waals surface area contributed by atoms with Crippen molar-refractivity contribution in [1.29, 1.82) is 0 Å². The van der Waals surface area contributed by atoms with Crippen molar-refractivity contribution in [2.45, 2.75) is 12.6 Å². The van der Waals surface area contributed by atoms with Gasteiger partial charge in [-0.3, -0.25) is 9.78 Å². The van der Waals surface area contributed by atoms with Crippen LogP contribution in [0.2, 0.25) is 0 Å². The number of carbonyl (C=O) groups is 1. The van der Waals surface area contributed by atoms with Crippen LogP contribution in [-0.4, -0.2) is 36.4 Å². The number of hydrogen-bond acceptors (Lipinski definition) is 5. The van der Waals surface area contributed by atoms with Crippen LogP contribution in [-0.2, 0) is 12.6 Å². The fourth-order valence-electron chi connectivity index (χ4n) is 3.56. The summed E-state index contributed by atoms with van der Waals surface area (Å²) in [6.07, 6.45) is -2.81. The van der Waals surface area contributed by atoms with Crippen molar-refractivity contribution in [2.75, 3.05) is 0 Å². The number of pyridine rings is 1. The fourth-order valence-corrected chi connectivity index (χ4v) is 3.56. The normalized spacial score (nSPS) is 12.0. The summed E-state index contributed by atoms with van der Waals surface area (Å²) in [4.78, 5) is 20.4. The predicted octanol–water partition coefficient (Wildman–Crippen LogP) is 4.07. The summed E-state index contributed by atoms with van der Waals surface area (Å²) in [7, 11) is 0. The standard InChI is InChI=1S/C21H13F3N6O/c22-21(23,24)13-5-6-14-15(9-18-27-29-30-28-18)19(26-16(14)8-13)20(31)17-7-11-3-1-2-4-12(11)10-25-17/h1-8,10,26H,9H2,(H,27,28,29,30). The minimum atomic E-state index is -4.50. The Bertz CT molecular complexity index is 1420. The first-order valence-electron chi connectivity index (χ1n) is 9.24. The van der Waals surface area contributed by atoms with Crippen LogP contribution in [0, 0.1) is 0 Å². The highest BCUT2D eigenvalue weighted by Crippen LogP contribution is 2.34. The maximum absolute atomic E-state index is 13.3. The Morgan fingerprint density at radius 1 is 1.03 bits per heavy atom. The van der Waals surface area contributed by atoms with Crippen molar-refractivity contribution in [2.24, 2.45) is 0 Å². The van der Waals surface area contributed by atoms with Crippen LogP contribution >= 0.6 is 0 Å². The zero-order valence-electron chi connectivity index (χ0n) is 15.7. The van der Waals surface area contributed by atoms with Crippen LogP contribution in [0.5, 0.6) is 0 Å². The number of H-pyrrole nitrogens is 2. The number of rotatable bonds is 4. The number of fused-ring (bicyclic) bond motifs is 2. The summed E-state index contributed by atoms with van der Waals surface area (Å²) in [6.45, 7) is 0. The Morgan fingerprint density at radius 3 is 2.58 bits per heavy atom. The van der Waals surface area contributed by atoms with Crippen molar-refractivity contribution in [3.63, 3.8) is 0 Å². The summed E-state index contributed by atoms with van der Waals surface area (Å²) in [5.74, 6) is -0.129. The highest BCUT2D eigenvalue weighted by Gasteiger charge is 2.31. The van der Waals surface area contributed by atoms with E-state index in [0.29, 0.717) is 16.8 Å². The molecule has 5 aromatic rings. The number of ketones is 1.